The van der Waals surface area contributed by atoms with Crippen LogP contribution in [0.5, 0.6) is 17.2 Å². The summed E-state index contributed by atoms with van der Waals surface area (Å²) in [6, 6.07) is 12.0. The molecule has 2 aromatic carbocycles. The number of aromatic nitrogens is 1. The molecule has 1 aliphatic heterocycles. The van der Waals surface area contributed by atoms with Crippen molar-refractivity contribution >= 4 is 23.4 Å². The van der Waals surface area contributed by atoms with Crippen molar-refractivity contribution in [2.24, 2.45) is 4.99 Å². The normalized spacial score (nSPS) is 15.3. The van der Waals surface area contributed by atoms with Crippen molar-refractivity contribution in [3.63, 3.8) is 0 Å². The van der Waals surface area contributed by atoms with Gasteiger partial charge < -0.3 is 18.9 Å². The number of carbonyl (C=O) groups is 1. The minimum atomic E-state index is -0.810. The second-order valence-electron chi connectivity index (χ2n) is 7.63. The highest BCUT2D eigenvalue weighted by molar-refractivity contribution is 7.07. The Kier molecular flexibility index (Phi) is 7.07. The Labute approximate surface area is 206 Å². The van der Waals surface area contributed by atoms with Crippen LogP contribution in [-0.2, 0) is 9.53 Å². The summed E-state index contributed by atoms with van der Waals surface area (Å²) in [5, 5.41) is 0. The smallest absolute Gasteiger partial charge is 0.338 e. The van der Waals surface area contributed by atoms with Gasteiger partial charge in [-0.05, 0) is 32.1 Å². The fourth-order valence-electron chi connectivity index (χ4n) is 4.14. The molecular formula is C26H26N2O6S. The van der Waals surface area contributed by atoms with Gasteiger partial charge in [-0.25, -0.2) is 9.79 Å². The minimum Gasteiger partial charge on any atom is -0.496 e. The maximum atomic E-state index is 13.8. The third-order valence-electron chi connectivity index (χ3n) is 5.67. The molecular weight excluding hydrogens is 468 g/mol. The Bertz CT molecular complexity index is 1480. The first-order chi connectivity index (χ1) is 16.9. The molecule has 0 N–H and O–H groups in total. The van der Waals surface area contributed by atoms with Gasteiger partial charge in [-0.3, -0.25) is 9.36 Å². The molecule has 182 valence electrons. The van der Waals surface area contributed by atoms with Crippen molar-refractivity contribution in [2.75, 3.05) is 27.9 Å². The van der Waals surface area contributed by atoms with Gasteiger partial charge >= 0.3 is 5.97 Å². The van der Waals surface area contributed by atoms with Crippen LogP contribution in [0.25, 0.3) is 6.08 Å². The molecule has 35 heavy (non-hydrogen) atoms. The number of esters is 1. The lowest BCUT2D eigenvalue weighted by atomic mass is 9.94. The Morgan fingerprint density at radius 1 is 1.06 bits per heavy atom. The molecule has 0 bridgehead atoms. The van der Waals surface area contributed by atoms with Gasteiger partial charge in [0.1, 0.15) is 11.8 Å². The molecule has 0 saturated carbocycles. The Balaban J connectivity index is 2.03. The summed E-state index contributed by atoms with van der Waals surface area (Å²) < 4.78 is 23.9. The SMILES string of the molecule is CCOC(=O)C1=C(C)N=c2s/c(=C\c3ccccc3OC)c(=O)n2[C@H]1c1cccc(OC)c1OC. The van der Waals surface area contributed by atoms with Gasteiger partial charge in [0, 0.05) is 11.1 Å². The molecule has 1 aromatic heterocycles. The number of allylic oxidation sites excluding steroid dienone is 1. The number of nitrogens with zero attached hydrogens (tertiary/aromatic N) is 2. The zero-order chi connectivity index (χ0) is 25.1. The van der Waals surface area contributed by atoms with Crippen LogP contribution in [0.4, 0.5) is 0 Å². The Morgan fingerprint density at radius 2 is 1.77 bits per heavy atom. The summed E-state index contributed by atoms with van der Waals surface area (Å²) in [5.74, 6) is 1.02. The molecule has 8 nitrogen and oxygen atoms in total. The summed E-state index contributed by atoms with van der Waals surface area (Å²) in [5.41, 5.74) is 1.81. The van der Waals surface area contributed by atoms with E-state index in [1.54, 1.807) is 45.2 Å². The Morgan fingerprint density at radius 3 is 2.46 bits per heavy atom. The van der Waals surface area contributed by atoms with E-state index in [1.165, 1.54) is 30.1 Å². The number of rotatable bonds is 7. The van der Waals surface area contributed by atoms with Crippen molar-refractivity contribution < 1.29 is 23.7 Å². The molecule has 1 aliphatic rings. The predicted octanol–water partition coefficient (Wildman–Crippen LogP) is 2.82. The maximum absolute atomic E-state index is 13.8. The van der Waals surface area contributed by atoms with Crippen molar-refractivity contribution in [1.82, 2.24) is 4.57 Å². The van der Waals surface area contributed by atoms with E-state index >= 15 is 0 Å². The van der Waals surface area contributed by atoms with Crippen LogP contribution in [0.2, 0.25) is 0 Å². The van der Waals surface area contributed by atoms with Crippen LogP contribution >= 0.6 is 11.3 Å². The van der Waals surface area contributed by atoms with E-state index in [2.05, 4.69) is 4.99 Å². The van der Waals surface area contributed by atoms with Crippen LogP contribution in [0.1, 0.15) is 31.0 Å². The maximum Gasteiger partial charge on any atom is 0.338 e. The number of fused-ring (bicyclic) bond motifs is 1. The van der Waals surface area contributed by atoms with Crippen LogP contribution in [-0.4, -0.2) is 38.5 Å². The summed E-state index contributed by atoms with van der Waals surface area (Å²) in [6.45, 7) is 3.66. The molecule has 1 atom stereocenters. The van der Waals surface area contributed by atoms with E-state index in [-0.39, 0.29) is 17.7 Å². The third kappa shape index (κ3) is 4.35. The van der Waals surface area contributed by atoms with E-state index < -0.39 is 12.0 Å². The molecule has 0 saturated heterocycles. The van der Waals surface area contributed by atoms with E-state index in [4.69, 9.17) is 18.9 Å². The Hall–Kier alpha value is -3.85. The highest BCUT2D eigenvalue weighted by Crippen LogP contribution is 2.40. The molecule has 0 aliphatic carbocycles. The largest absolute Gasteiger partial charge is 0.496 e. The van der Waals surface area contributed by atoms with Crippen LogP contribution in [0, 0.1) is 0 Å². The summed E-state index contributed by atoms with van der Waals surface area (Å²) in [7, 11) is 4.64. The zero-order valence-corrected chi connectivity index (χ0v) is 21.0. The second kappa shape index (κ2) is 10.2. The van der Waals surface area contributed by atoms with Gasteiger partial charge in [0.25, 0.3) is 5.56 Å². The number of thiazole rings is 1. The average molecular weight is 495 g/mol. The molecule has 3 aromatic rings. The van der Waals surface area contributed by atoms with Gasteiger partial charge in [-0.1, -0.05) is 41.7 Å². The minimum absolute atomic E-state index is 0.190. The number of carbonyl (C=O) groups excluding carboxylic acids is 1. The fourth-order valence-corrected chi connectivity index (χ4v) is 5.18. The van der Waals surface area contributed by atoms with Gasteiger partial charge in [-0.2, -0.15) is 0 Å². The van der Waals surface area contributed by atoms with Crippen molar-refractivity contribution in [1.29, 1.82) is 0 Å². The third-order valence-corrected chi connectivity index (χ3v) is 6.65. The number of benzene rings is 2. The van der Waals surface area contributed by atoms with Gasteiger partial charge in [0.2, 0.25) is 0 Å². The number of para-hydroxylation sites is 2. The number of methoxy groups -OCH3 is 3. The molecule has 0 amide bonds. The lowest BCUT2D eigenvalue weighted by Gasteiger charge is -2.26. The summed E-state index contributed by atoms with van der Waals surface area (Å²) in [4.78, 5) is 32.0. The van der Waals surface area contributed by atoms with Gasteiger partial charge in [0.05, 0.1) is 43.7 Å². The van der Waals surface area contributed by atoms with E-state index in [0.29, 0.717) is 37.8 Å². The lowest BCUT2D eigenvalue weighted by molar-refractivity contribution is -0.139. The molecule has 0 spiro atoms. The average Bonchev–Trinajstić information content (AvgIpc) is 3.17. The molecule has 0 radical (unpaired) electrons. The molecule has 9 heteroatoms. The van der Waals surface area contributed by atoms with Gasteiger partial charge in [0.15, 0.2) is 16.3 Å². The number of ether oxygens (including phenoxy) is 4. The zero-order valence-electron chi connectivity index (χ0n) is 20.2. The number of hydrogen-bond donors (Lipinski definition) is 0. The fraction of sp³-hybridized carbons (Fsp3) is 0.269. The van der Waals surface area contributed by atoms with Crippen LogP contribution in [0.15, 0.2) is 63.5 Å². The first-order valence-corrected chi connectivity index (χ1v) is 11.8. The topological polar surface area (TPSA) is 88.4 Å². The van der Waals surface area contributed by atoms with Crippen LogP contribution in [0.3, 0.4) is 0 Å². The highest BCUT2D eigenvalue weighted by Gasteiger charge is 2.35. The quantitative estimate of drug-likeness (QED) is 0.470. The van der Waals surface area contributed by atoms with E-state index in [1.807, 2.05) is 24.3 Å². The molecule has 4 rings (SSSR count). The lowest BCUT2D eigenvalue weighted by Crippen LogP contribution is -2.40. The van der Waals surface area contributed by atoms with E-state index in [0.717, 1.165) is 5.56 Å². The van der Waals surface area contributed by atoms with Crippen molar-refractivity contribution in [2.45, 2.75) is 19.9 Å². The van der Waals surface area contributed by atoms with Gasteiger partial charge in [-0.15, -0.1) is 0 Å². The van der Waals surface area contributed by atoms with Crippen LogP contribution < -0.4 is 29.1 Å². The first kappa shape index (κ1) is 24.3. The monoisotopic (exact) mass is 494 g/mol. The number of hydrogen-bond acceptors (Lipinski definition) is 8. The van der Waals surface area contributed by atoms with E-state index in [9.17, 15) is 9.59 Å². The van der Waals surface area contributed by atoms with Crippen molar-refractivity contribution in [3.8, 4) is 17.2 Å². The summed E-state index contributed by atoms with van der Waals surface area (Å²) >= 11 is 1.24. The van der Waals surface area contributed by atoms with Crippen molar-refractivity contribution in [3.05, 3.63) is 84.5 Å². The first-order valence-electron chi connectivity index (χ1n) is 11.0. The molecule has 0 fully saturated rings. The predicted molar refractivity (Wildman–Crippen MR) is 133 cm³/mol. The molecule has 0 unspecified atom stereocenters. The summed E-state index contributed by atoms with van der Waals surface area (Å²) in [6.07, 6.45) is 1.77. The highest BCUT2D eigenvalue weighted by atomic mass is 32.1. The molecule has 2 heterocycles. The second-order valence-corrected chi connectivity index (χ2v) is 8.64. The standard InChI is InChI=1S/C26H26N2O6S/c1-6-34-25(30)21-15(2)27-26-28(22(21)17-11-9-13-19(32-4)23(17)33-5)24(29)20(35-26)14-16-10-7-8-12-18(16)31-3/h7-14,22H,6H2,1-5H3/b20-14-/t22-/m0/s1.